The minimum absolute atomic E-state index is 0.0843. The highest BCUT2D eigenvalue weighted by Crippen LogP contribution is 2.68. The zero-order chi connectivity index (χ0) is 23.2. The molecule has 4 aliphatic heterocycles. The number of nitrogens with zero attached hydrogens (tertiary/aromatic N) is 1. The highest BCUT2D eigenvalue weighted by Gasteiger charge is 2.81. The predicted molar refractivity (Wildman–Crippen MR) is 130 cm³/mol. The van der Waals surface area contributed by atoms with Crippen molar-refractivity contribution >= 4 is 51.9 Å². The number of nitrogens with one attached hydrogen (secondary N) is 2. The summed E-state index contributed by atoms with van der Waals surface area (Å²) in [4.78, 5) is 45.5. The molecule has 34 heavy (non-hydrogen) atoms. The van der Waals surface area contributed by atoms with E-state index in [0.29, 0.717) is 38.9 Å². The Kier molecular flexibility index (Phi) is 4.06. The van der Waals surface area contributed by atoms with Gasteiger partial charge in [0, 0.05) is 17.3 Å². The van der Waals surface area contributed by atoms with Gasteiger partial charge >= 0.3 is 0 Å². The second-order valence-electron chi connectivity index (χ2n) is 9.36. The number of halogens is 1. The second-order valence-corrected chi connectivity index (χ2v) is 10.7. The fraction of sp³-hybridized carbons (Fsp3) is 0.269. The van der Waals surface area contributed by atoms with Crippen molar-refractivity contribution in [1.29, 1.82) is 0 Å². The van der Waals surface area contributed by atoms with Crippen LogP contribution in [-0.2, 0) is 20.5 Å². The first-order valence-corrected chi connectivity index (χ1v) is 12.6. The summed E-state index contributed by atoms with van der Waals surface area (Å²) in [6, 6.07) is 16.3. The number of rotatable bonds is 2. The van der Waals surface area contributed by atoms with E-state index >= 15 is 0 Å². The molecule has 2 fully saturated rings. The van der Waals surface area contributed by atoms with E-state index in [-0.39, 0.29) is 23.6 Å². The third kappa shape index (κ3) is 2.10. The molecule has 0 radical (unpaired) electrons. The lowest BCUT2D eigenvalue weighted by molar-refractivity contribution is -0.137. The molecule has 2 saturated heterocycles. The molecule has 4 atom stereocenters. The van der Waals surface area contributed by atoms with E-state index < -0.39 is 16.9 Å². The Morgan fingerprint density at radius 2 is 1.82 bits per heavy atom. The fourth-order valence-corrected chi connectivity index (χ4v) is 8.07. The molecule has 0 saturated carbocycles. The molecule has 8 heteroatoms. The van der Waals surface area contributed by atoms with Gasteiger partial charge in [-0.25, -0.2) is 0 Å². The number of thiophene rings is 1. The van der Waals surface area contributed by atoms with Gasteiger partial charge in [0.25, 0.3) is 5.91 Å². The van der Waals surface area contributed by atoms with Crippen LogP contribution in [0.3, 0.4) is 0 Å². The first kappa shape index (κ1) is 20.4. The number of benzene rings is 2. The lowest BCUT2D eigenvalue weighted by atomic mass is 9.57. The summed E-state index contributed by atoms with van der Waals surface area (Å²) in [5.41, 5.74) is -0.239. The lowest BCUT2D eigenvalue weighted by Crippen LogP contribution is -2.62. The van der Waals surface area contributed by atoms with Crippen LogP contribution in [0.15, 0.2) is 60.0 Å². The summed E-state index contributed by atoms with van der Waals surface area (Å²) in [7, 11) is 0. The lowest BCUT2D eigenvalue weighted by Gasteiger charge is -2.43. The number of amides is 2. The molecule has 4 aliphatic rings. The fourth-order valence-electron chi connectivity index (χ4n) is 7.14. The summed E-state index contributed by atoms with van der Waals surface area (Å²) < 4.78 is 0. The Morgan fingerprint density at radius 1 is 1.00 bits per heavy atom. The van der Waals surface area contributed by atoms with Crippen LogP contribution in [0.4, 0.5) is 11.4 Å². The van der Waals surface area contributed by atoms with Crippen molar-refractivity contribution in [1.82, 2.24) is 4.90 Å². The largest absolute Gasteiger partial charge is 0.325 e. The molecule has 0 aliphatic carbocycles. The molecule has 2 amide bonds. The van der Waals surface area contributed by atoms with Gasteiger partial charge in [-0.2, -0.15) is 0 Å². The molecular weight excluding hydrogens is 470 g/mol. The Balaban J connectivity index is 1.62. The number of carbonyl (C=O) groups is 3. The van der Waals surface area contributed by atoms with Crippen LogP contribution in [0.25, 0.3) is 0 Å². The van der Waals surface area contributed by atoms with Gasteiger partial charge in [-0.1, -0.05) is 48.0 Å². The van der Waals surface area contributed by atoms with Gasteiger partial charge in [0.15, 0.2) is 5.78 Å². The van der Waals surface area contributed by atoms with Crippen molar-refractivity contribution in [2.45, 2.75) is 29.8 Å². The Morgan fingerprint density at radius 3 is 2.65 bits per heavy atom. The third-order valence-electron chi connectivity index (χ3n) is 8.13. The molecule has 5 heterocycles. The molecule has 170 valence electrons. The van der Waals surface area contributed by atoms with Crippen LogP contribution >= 0.6 is 22.9 Å². The van der Waals surface area contributed by atoms with Crippen LogP contribution in [0, 0.1) is 5.92 Å². The smallest absolute Gasteiger partial charge is 0.251 e. The Labute approximate surface area is 204 Å². The maximum atomic E-state index is 14.3. The molecule has 1 aromatic heterocycles. The minimum atomic E-state index is -1.42. The maximum Gasteiger partial charge on any atom is 0.251 e. The molecule has 7 rings (SSSR count). The van der Waals surface area contributed by atoms with Crippen LogP contribution < -0.4 is 10.6 Å². The number of Topliss-reactive ketones (excluding diaryl/α,β-unsaturated/α-hetero) is 1. The zero-order valence-corrected chi connectivity index (χ0v) is 19.6. The van der Waals surface area contributed by atoms with Gasteiger partial charge < -0.3 is 10.6 Å². The molecule has 2 aromatic carbocycles. The van der Waals surface area contributed by atoms with Crippen LogP contribution in [0.5, 0.6) is 0 Å². The van der Waals surface area contributed by atoms with Crippen molar-refractivity contribution in [3.63, 3.8) is 0 Å². The normalized spacial score (nSPS) is 31.0. The highest BCUT2D eigenvalue weighted by molar-refractivity contribution is 7.12. The van der Waals surface area contributed by atoms with E-state index in [1.165, 1.54) is 11.3 Å². The molecule has 0 bridgehead atoms. The number of para-hydroxylation sites is 2. The standard InChI is InChI=1S/C26H20ClN3O3S/c27-16-8-3-7-15-21(16)29-24(33)26(15)25(14-6-1-2-9-17(14)28-23(25)32)20(18-10-4-12-30(18)26)22(31)19-11-5-13-34-19/h1-3,5-9,11,13,18,20H,4,10,12H2,(H,28,32)(H,29,33)/t18-,20-,25+,26-/m0/s1. The third-order valence-corrected chi connectivity index (χ3v) is 9.33. The SMILES string of the molecule is O=C(c1cccs1)[C@@H]1[C@@H]2CCCN2[C@@]2(C(=O)Nc3c(Cl)cccc32)[C@@]12C(=O)Nc1ccccc12. The van der Waals surface area contributed by atoms with Gasteiger partial charge in [-0.3, -0.25) is 19.3 Å². The first-order chi connectivity index (χ1) is 16.5. The van der Waals surface area contributed by atoms with Crippen molar-refractivity contribution in [2.24, 2.45) is 5.92 Å². The number of ketones is 1. The Hall–Kier alpha value is -3.00. The van der Waals surface area contributed by atoms with E-state index in [9.17, 15) is 14.4 Å². The summed E-state index contributed by atoms with van der Waals surface area (Å²) in [5.74, 6) is -1.40. The predicted octanol–water partition coefficient (Wildman–Crippen LogP) is 4.42. The molecule has 2 N–H and O–H groups in total. The van der Waals surface area contributed by atoms with E-state index in [0.717, 1.165) is 12.8 Å². The van der Waals surface area contributed by atoms with Crippen LogP contribution in [-0.4, -0.2) is 35.1 Å². The van der Waals surface area contributed by atoms with E-state index in [4.69, 9.17) is 11.6 Å². The molecule has 3 aromatic rings. The summed E-state index contributed by atoms with van der Waals surface area (Å²) >= 11 is 7.93. The van der Waals surface area contributed by atoms with Gasteiger partial charge in [-0.15, -0.1) is 11.3 Å². The molecule has 6 nitrogen and oxygen atoms in total. The number of carbonyl (C=O) groups excluding carboxylic acids is 3. The number of hydrogen-bond donors (Lipinski definition) is 2. The van der Waals surface area contributed by atoms with Gasteiger partial charge in [0.05, 0.1) is 21.5 Å². The van der Waals surface area contributed by atoms with Crippen molar-refractivity contribution in [3.8, 4) is 0 Å². The molecular formula is C26H20ClN3O3S. The minimum Gasteiger partial charge on any atom is -0.325 e. The van der Waals surface area contributed by atoms with E-state index in [1.807, 2.05) is 53.9 Å². The maximum absolute atomic E-state index is 14.3. The number of hydrogen-bond acceptors (Lipinski definition) is 5. The summed E-state index contributed by atoms with van der Waals surface area (Å²) in [5, 5.41) is 8.34. The highest BCUT2D eigenvalue weighted by atomic mass is 35.5. The molecule has 2 spiro atoms. The Bertz CT molecular complexity index is 1410. The number of fused-ring (bicyclic) bond motifs is 7. The molecule has 0 unspecified atom stereocenters. The summed E-state index contributed by atoms with van der Waals surface area (Å²) in [6.07, 6.45) is 1.59. The zero-order valence-electron chi connectivity index (χ0n) is 18.0. The van der Waals surface area contributed by atoms with Gasteiger partial charge in [0.1, 0.15) is 11.0 Å². The number of anilines is 2. The first-order valence-electron chi connectivity index (χ1n) is 11.4. The van der Waals surface area contributed by atoms with E-state index in [1.54, 1.807) is 6.07 Å². The average molecular weight is 490 g/mol. The van der Waals surface area contributed by atoms with Crippen molar-refractivity contribution in [3.05, 3.63) is 81.0 Å². The quantitative estimate of drug-likeness (QED) is 0.522. The van der Waals surface area contributed by atoms with Crippen molar-refractivity contribution < 1.29 is 14.4 Å². The van der Waals surface area contributed by atoms with Crippen LogP contribution in [0.2, 0.25) is 5.02 Å². The van der Waals surface area contributed by atoms with E-state index in [2.05, 4.69) is 15.5 Å². The van der Waals surface area contributed by atoms with Gasteiger partial charge in [-0.05, 0) is 48.5 Å². The summed E-state index contributed by atoms with van der Waals surface area (Å²) in [6.45, 7) is 0.620. The van der Waals surface area contributed by atoms with Gasteiger partial charge in [0.2, 0.25) is 5.91 Å². The average Bonchev–Trinajstić information content (AvgIpc) is 3.62. The second kappa shape index (κ2) is 6.78. The van der Waals surface area contributed by atoms with Crippen molar-refractivity contribution in [2.75, 3.05) is 17.2 Å². The van der Waals surface area contributed by atoms with Crippen LogP contribution in [0.1, 0.15) is 33.6 Å². The monoisotopic (exact) mass is 489 g/mol. The topological polar surface area (TPSA) is 78.5 Å².